The average molecular weight is 295 g/mol. The second-order valence-electron chi connectivity index (χ2n) is 5.02. The van der Waals surface area contributed by atoms with Gasteiger partial charge in [-0.25, -0.2) is 0 Å². The van der Waals surface area contributed by atoms with Gasteiger partial charge in [-0.2, -0.15) is 5.10 Å². The molecule has 6 nitrogen and oxygen atoms in total. The van der Waals surface area contributed by atoms with Gasteiger partial charge in [0.2, 0.25) is 0 Å². The number of carbonyl (C=O) groups excluding carboxylic acids is 1. The number of nitrogens with one attached hydrogen (secondary N) is 1. The lowest BCUT2D eigenvalue weighted by Gasteiger charge is -2.38. The number of rotatable bonds is 5. The van der Waals surface area contributed by atoms with Gasteiger partial charge in [-0.1, -0.05) is 25.6 Å². The lowest BCUT2D eigenvalue weighted by molar-refractivity contribution is 0.0609. The van der Waals surface area contributed by atoms with E-state index >= 15 is 0 Å². The summed E-state index contributed by atoms with van der Waals surface area (Å²) in [7, 11) is 0. The fraction of sp³-hybridized carbons (Fsp3) is 0.615. The maximum absolute atomic E-state index is 12.2. The first-order chi connectivity index (χ1) is 9.63. The number of amides is 1. The molecule has 0 radical (unpaired) electrons. The normalized spacial score (nSPS) is 17.9. The molecule has 1 aliphatic rings. The molecule has 0 aliphatic carbocycles. The Bertz CT molecular complexity index is 453. The van der Waals surface area contributed by atoms with E-state index in [0.29, 0.717) is 23.6 Å². The smallest absolute Gasteiger partial charge is 0.257 e. The molecule has 1 unspecified atom stereocenters. The van der Waals surface area contributed by atoms with Gasteiger partial charge in [0, 0.05) is 32.4 Å². The monoisotopic (exact) mass is 295 g/mol. The van der Waals surface area contributed by atoms with Crippen molar-refractivity contribution in [3.05, 3.63) is 18.0 Å². The van der Waals surface area contributed by atoms with Gasteiger partial charge in [0.1, 0.15) is 0 Å². The molecular weight excluding hydrogens is 274 g/mol. The van der Waals surface area contributed by atoms with Crippen LogP contribution in [0.4, 0.5) is 0 Å². The average Bonchev–Trinajstić information content (AvgIpc) is 2.98. The fourth-order valence-corrected chi connectivity index (χ4v) is 2.83. The van der Waals surface area contributed by atoms with Gasteiger partial charge in [-0.3, -0.25) is 14.8 Å². The summed E-state index contributed by atoms with van der Waals surface area (Å²) in [5.41, 5.74) is 6.43. The summed E-state index contributed by atoms with van der Waals surface area (Å²) in [5, 5.41) is 6.48. The Morgan fingerprint density at radius 3 is 2.70 bits per heavy atom. The number of H-pyrrole nitrogens is 1. The molecule has 2 heterocycles. The molecule has 0 spiro atoms. The molecule has 1 aromatic rings. The van der Waals surface area contributed by atoms with Gasteiger partial charge in [-0.05, 0) is 6.42 Å². The third-order valence-corrected chi connectivity index (χ3v) is 3.95. The molecule has 1 saturated heterocycles. The first-order valence-electron chi connectivity index (χ1n) is 6.95. The number of nitrogens with two attached hydrogens (primary N) is 1. The molecule has 0 bridgehead atoms. The summed E-state index contributed by atoms with van der Waals surface area (Å²) in [6.45, 7) is 5.15. The molecular formula is C13H21N5OS. The molecule has 1 aliphatic heterocycles. The Labute approximate surface area is 124 Å². The van der Waals surface area contributed by atoms with Crippen LogP contribution in [0.2, 0.25) is 0 Å². The van der Waals surface area contributed by atoms with Crippen LogP contribution in [0.25, 0.3) is 0 Å². The summed E-state index contributed by atoms with van der Waals surface area (Å²) >= 11 is 5.15. The highest BCUT2D eigenvalue weighted by Crippen LogP contribution is 2.13. The highest BCUT2D eigenvalue weighted by atomic mass is 32.1. The molecule has 1 amide bonds. The third kappa shape index (κ3) is 3.34. The Morgan fingerprint density at radius 1 is 1.50 bits per heavy atom. The van der Waals surface area contributed by atoms with Crippen LogP contribution in [0, 0.1) is 0 Å². The van der Waals surface area contributed by atoms with E-state index in [1.807, 2.05) is 4.90 Å². The van der Waals surface area contributed by atoms with E-state index in [1.54, 1.807) is 12.4 Å². The number of thiocarbonyl (C=S) groups is 1. The van der Waals surface area contributed by atoms with Gasteiger partial charge in [0.15, 0.2) is 0 Å². The third-order valence-electron chi connectivity index (χ3n) is 3.68. The first kappa shape index (κ1) is 14.9. The minimum Gasteiger partial charge on any atom is -0.392 e. The maximum Gasteiger partial charge on any atom is 0.257 e. The van der Waals surface area contributed by atoms with Crippen molar-refractivity contribution in [1.82, 2.24) is 20.0 Å². The molecule has 1 aromatic heterocycles. The van der Waals surface area contributed by atoms with Gasteiger partial charge in [0.05, 0.1) is 22.8 Å². The predicted octanol–water partition coefficient (Wildman–Crippen LogP) is 0.622. The van der Waals surface area contributed by atoms with Crippen LogP contribution in [0.1, 0.15) is 30.1 Å². The molecule has 3 N–H and O–H groups in total. The van der Waals surface area contributed by atoms with Crippen LogP contribution in [0.15, 0.2) is 12.4 Å². The Kier molecular flexibility index (Phi) is 5.08. The first-order valence-corrected chi connectivity index (χ1v) is 7.35. The van der Waals surface area contributed by atoms with E-state index in [1.165, 1.54) is 0 Å². The quantitative estimate of drug-likeness (QED) is 0.779. The number of hydrogen-bond donors (Lipinski definition) is 2. The van der Waals surface area contributed by atoms with Crippen molar-refractivity contribution in [3.8, 4) is 0 Å². The van der Waals surface area contributed by atoms with Gasteiger partial charge in [-0.15, -0.1) is 0 Å². The zero-order valence-electron chi connectivity index (χ0n) is 11.7. The Balaban J connectivity index is 1.91. The van der Waals surface area contributed by atoms with E-state index in [2.05, 4.69) is 22.0 Å². The van der Waals surface area contributed by atoms with Crippen LogP contribution in [0.3, 0.4) is 0 Å². The highest BCUT2D eigenvalue weighted by molar-refractivity contribution is 7.80. The minimum atomic E-state index is 0.0285. The number of nitrogens with zero attached hydrogens (tertiary/aromatic N) is 3. The van der Waals surface area contributed by atoms with Crippen LogP contribution in [-0.4, -0.2) is 63.1 Å². The number of aromatic amines is 1. The van der Waals surface area contributed by atoms with Crippen LogP contribution in [-0.2, 0) is 0 Å². The van der Waals surface area contributed by atoms with Crippen molar-refractivity contribution < 1.29 is 4.79 Å². The minimum absolute atomic E-state index is 0.0285. The number of piperazine rings is 1. The summed E-state index contributed by atoms with van der Waals surface area (Å²) in [5.74, 6) is 0.0285. The van der Waals surface area contributed by atoms with E-state index in [4.69, 9.17) is 18.0 Å². The maximum atomic E-state index is 12.2. The molecule has 7 heteroatoms. The van der Waals surface area contributed by atoms with Crippen LogP contribution in [0.5, 0.6) is 0 Å². The van der Waals surface area contributed by atoms with E-state index in [-0.39, 0.29) is 11.9 Å². The van der Waals surface area contributed by atoms with E-state index < -0.39 is 0 Å². The van der Waals surface area contributed by atoms with Crippen molar-refractivity contribution in [2.75, 3.05) is 26.2 Å². The fourth-order valence-electron chi connectivity index (χ4n) is 2.57. The molecule has 1 fully saturated rings. The topological polar surface area (TPSA) is 78.2 Å². The highest BCUT2D eigenvalue weighted by Gasteiger charge is 2.27. The molecule has 20 heavy (non-hydrogen) atoms. The predicted molar refractivity (Wildman–Crippen MR) is 81.5 cm³/mol. The van der Waals surface area contributed by atoms with Crippen molar-refractivity contribution >= 4 is 23.1 Å². The standard InChI is InChI=1S/C13H21N5OS/c1-2-3-11(12(14)20)17-4-6-18(7-5-17)13(19)10-8-15-16-9-10/h8-9,11H,2-7H2,1H3,(H2,14,20)(H,15,16). The Hall–Kier alpha value is -1.47. The second-order valence-corrected chi connectivity index (χ2v) is 5.49. The summed E-state index contributed by atoms with van der Waals surface area (Å²) in [6.07, 6.45) is 5.22. The number of hydrogen-bond acceptors (Lipinski definition) is 4. The van der Waals surface area contributed by atoms with Crippen molar-refractivity contribution in [2.24, 2.45) is 5.73 Å². The largest absolute Gasteiger partial charge is 0.392 e. The molecule has 2 rings (SSSR count). The summed E-state index contributed by atoms with van der Waals surface area (Å²) < 4.78 is 0. The van der Waals surface area contributed by atoms with Gasteiger partial charge in [0.25, 0.3) is 5.91 Å². The molecule has 0 saturated carbocycles. The lowest BCUT2D eigenvalue weighted by atomic mass is 10.1. The summed E-state index contributed by atoms with van der Waals surface area (Å²) in [4.78, 5) is 16.9. The molecule has 0 aromatic carbocycles. The van der Waals surface area contributed by atoms with E-state index in [9.17, 15) is 4.79 Å². The number of aromatic nitrogens is 2. The van der Waals surface area contributed by atoms with Crippen LogP contribution >= 0.6 is 12.2 Å². The number of carbonyl (C=O) groups is 1. The Morgan fingerprint density at radius 2 is 2.20 bits per heavy atom. The van der Waals surface area contributed by atoms with E-state index in [0.717, 1.165) is 25.9 Å². The lowest BCUT2D eigenvalue weighted by Crippen LogP contribution is -2.54. The molecule has 110 valence electrons. The SMILES string of the molecule is CCCC(C(N)=S)N1CCN(C(=O)c2cn[nH]c2)CC1. The van der Waals surface area contributed by atoms with Crippen LogP contribution < -0.4 is 5.73 Å². The zero-order chi connectivity index (χ0) is 14.5. The summed E-state index contributed by atoms with van der Waals surface area (Å²) in [6, 6.07) is 0.154. The van der Waals surface area contributed by atoms with Crippen molar-refractivity contribution in [1.29, 1.82) is 0 Å². The van der Waals surface area contributed by atoms with Gasteiger partial charge >= 0.3 is 0 Å². The zero-order valence-corrected chi connectivity index (χ0v) is 12.5. The van der Waals surface area contributed by atoms with Crippen molar-refractivity contribution in [2.45, 2.75) is 25.8 Å². The molecule has 1 atom stereocenters. The van der Waals surface area contributed by atoms with Gasteiger partial charge < -0.3 is 10.6 Å². The van der Waals surface area contributed by atoms with Crippen molar-refractivity contribution in [3.63, 3.8) is 0 Å². The second kappa shape index (κ2) is 6.81.